The second-order valence-corrected chi connectivity index (χ2v) is 9.27. The molecular weight excluding hydrogens is 408 g/mol. The van der Waals surface area contributed by atoms with Crippen LogP contribution in [0.3, 0.4) is 0 Å². The van der Waals surface area contributed by atoms with Gasteiger partial charge < -0.3 is 15.0 Å². The molecule has 2 aromatic carbocycles. The van der Waals surface area contributed by atoms with E-state index in [0.717, 1.165) is 16.2 Å². The van der Waals surface area contributed by atoms with Gasteiger partial charge >= 0.3 is 0 Å². The fourth-order valence-corrected chi connectivity index (χ4v) is 3.88. The molecule has 0 aromatic heterocycles. The molecule has 1 N–H and O–H groups in total. The highest BCUT2D eigenvalue weighted by molar-refractivity contribution is 7.99. The molecule has 0 saturated heterocycles. The fourth-order valence-electron chi connectivity index (χ4n) is 3.04. The predicted octanol–water partition coefficient (Wildman–Crippen LogP) is 4.68. The van der Waals surface area contributed by atoms with E-state index < -0.39 is 6.04 Å². The lowest BCUT2D eigenvalue weighted by Gasteiger charge is -2.29. The molecule has 0 heterocycles. The minimum absolute atomic E-state index is 0.0328. The van der Waals surface area contributed by atoms with E-state index in [1.165, 1.54) is 5.56 Å². The molecule has 0 aliphatic rings. The Balaban J connectivity index is 2.07. The normalized spacial score (nSPS) is 11.8. The first-order valence-corrected chi connectivity index (χ1v) is 11.7. The van der Waals surface area contributed by atoms with E-state index in [0.29, 0.717) is 31.2 Å². The lowest BCUT2D eigenvalue weighted by atomic mass is 10.1. The number of benzene rings is 2. The summed E-state index contributed by atoms with van der Waals surface area (Å²) in [5, 5.41) is 2.95. The molecule has 6 heteroatoms. The summed E-state index contributed by atoms with van der Waals surface area (Å²) in [4.78, 5) is 28.6. The van der Waals surface area contributed by atoms with Crippen molar-refractivity contribution in [1.29, 1.82) is 0 Å². The summed E-state index contributed by atoms with van der Waals surface area (Å²) in [6, 6.07) is 15.3. The molecule has 0 aliphatic carbocycles. The molecule has 2 rings (SSSR count). The molecule has 0 radical (unpaired) electrons. The number of ether oxygens (including phenoxy) is 1. The maximum absolute atomic E-state index is 13.1. The lowest BCUT2D eigenvalue weighted by molar-refractivity contribution is -0.140. The van der Waals surface area contributed by atoms with Gasteiger partial charge in [0.15, 0.2) is 0 Å². The van der Waals surface area contributed by atoms with Crippen molar-refractivity contribution in [3.05, 3.63) is 59.7 Å². The number of hydrogen-bond donors (Lipinski definition) is 1. The number of methoxy groups -OCH3 is 1. The van der Waals surface area contributed by atoms with E-state index in [-0.39, 0.29) is 11.8 Å². The monoisotopic (exact) mass is 442 g/mol. The summed E-state index contributed by atoms with van der Waals surface area (Å²) in [5.74, 6) is 1.59. The quantitative estimate of drug-likeness (QED) is 0.514. The van der Waals surface area contributed by atoms with Crippen LogP contribution < -0.4 is 10.1 Å². The van der Waals surface area contributed by atoms with E-state index in [2.05, 4.69) is 36.5 Å². The van der Waals surface area contributed by atoms with Crippen molar-refractivity contribution < 1.29 is 14.3 Å². The van der Waals surface area contributed by atoms with Gasteiger partial charge in [-0.25, -0.2) is 0 Å². The highest BCUT2D eigenvalue weighted by Gasteiger charge is 2.26. The molecule has 0 saturated carbocycles. The number of carbonyl (C=O) groups is 2. The van der Waals surface area contributed by atoms with Crippen LogP contribution in [0.15, 0.2) is 53.4 Å². The van der Waals surface area contributed by atoms with Crippen molar-refractivity contribution in [3.63, 3.8) is 0 Å². The number of amides is 2. The van der Waals surface area contributed by atoms with E-state index in [4.69, 9.17) is 4.74 Å². The van der Waals surface area contributed by atoms with E-state index in [9.17, 15) is 9.59 Å². The lowest BCUT2D eigenvalue weighted by Crippen LogP contribution is -2.48. The molecule has 1 atom stereocenters. The van der Waals surface area contributed by atoms with Gasteiger partial charge in [0.2, 0.25) is 11.8 Å². The van der Waals surface area contributed by atoms with E-state index in [1.54, 1.807) is 30.7 Å². The Bertz CT molecular complexity index is 852. The van der Waals surface area contributed by atoms with Crippen LogP contribution >= 0.6 is 11.8 Å². The summed E-state index contributed by atoms with van der Waals surface area (Å²) in [5.41, 5.74) is 2.15. The first kappa shape index (κ1) is 24.8. The van der Waals surface area contributed by atoms with Crippen LogP contribution in [0.25, 0.3) is 0 Å². The molecule has 5 nitrogen and oxygen atoms in total. The number of carbonyl (C=O) groups excluding carboxylic acids is 2. The maximum atomic E-state index is 13.1. The second-order valence-electron chi connectivity index (χ2n) is 8.10. The van der Waals surface area contributed by atoms with Gasteiger partial charge in [0, 0.05) is 30.2 Å². The van der Waals surface area contributed by atoms with Gasteiger partial charge in [-0.15, -0.1) is 11.8 Å². The zero-order valence-electron chi connectivity index (χ0n) is 19.2. The van der Waals surface area contributed by atoms with Crippen LogP contribution in [0.5, 0.6) is 5.75 Å². The van der Waals surface area contributed by atoms with Crippen LogP contribution in [-0.4, -0.2) is 42.2 Å². The SMILES string of the molecule is COc1cccc(CN(C(=O)CCSc2ccc(C)cc2)C(C)C(=O)NCC(C)C)c1. The number of rotatable bonds is 11. The molecule has 0 fully saturated rings. The Morgan fingerprint density at radius 1 is 1.10 bits per heavy atom. The Hall–Kier alpha value is -2.47. The number of thioether (sulfide) groups is 1. The molecule has 0 bridgehead atoms. The fraction of sp³-hybridized carbons (Fsp3) is 0.440. The predicted molar refractivity (Wildman–Crippen MR) is 127 cm³/mol. The van der Waals surface area contributed by atoms with Crippen molar-refractivity contribution in [3.8, 4) is 5.75 Å². The third kappa shape index (κ3) is 8.29. The Kier molecular flexibility index (Phi) is 9.92. The number of nitrogens with one attached hydrogen (secondary N) is 1. The van der Waals surface area contributed by atoms with Crippen molar-refractivity contribution >= 4 is 23.6 Å². The first-order valence-electron chi connectivity index (χ1n) is 10.7. The van der Waals surface area contributed by atoms with Crippen LogP contribution in [0.1, 0.15) is 38.3 Å². The Morgan fingerprint density at radius 3 is 2.45 bits per heavy atom. The minimum atomic E-state index is -0.554. The van der Waals surface area contributed by atoms with Crippen molar-refractivity contribution in [2.45, 2.75) is 51.6 Å². The average molecular weight is 443 g/mol. The van der Waals surface area contributed by atoms with Gasteiger partial charge in [-0.2, -0.15) is 0 Å². The number of aryl methyl sites for hydroxylation is 1. The summed E-state index contributed by atoms with van der Waals surface area (Å²) in [6.45, 7) is 8.90. The summed E-state index contributed by atoms with van der Waals surface area (Å²) >= 11 is 1.65. The zero-order valence-corrected chi connectivity index (χ0v) is 20.0. The average Bonchev–Trinajstić information content (AvgIpc) is 2.76. The maximum Gasteiger partial charge on any atom is 0.242 e. The third-order valence-corrected chi connectivity index (χ3v) is 5.96. The van der Waals surface area contributed by atoms with Crippen LogP contribution in [0, 0.1) is 12.8 Å². The smallest absolute Gasteiger partial charge is 0.242 e. The number of nitrogens with zero attached hydrogens (tertiary/aromatic N) is 1. The number of hydrogen-bond acceptors (Lipinski definition) is 4. The molecule has 168 valence electrons. The van der Waals surface area contributed by atoms with Gasteiger partial charge in [0.1, 0.15) is 11.8 Å². The largest absolute Gasteiger partial charge is 0.497 e. The van der Waals surface area contributed by atoms with Crippen LogP contribution in [0.4, 0.5) is 0 Å². The van der Waals surface area contributed by atoms with Gasteiger partial charge in [-0.3, -0.25) is 9.59 Å². The zero-order chi connectivity index (χ0) is 22.8. The summed E-state index contributed by atoms with van der Waals surface area (Å²) in [7, 11) is 1.62. The van der Waals surface area contributed by atoms with Crippen molar-refractivity contribution in [2.75, 3.05) is 19.4 Å². The standard InChI is InChI=1S/C25H34N2O3S/c1-18(2)16-26-25(29)20(4)27(17-21-7-6-8-22(15-21)30-5)24(28)13-14-31-23-11-9-19(3)10-12-23/h6-12,15,18,20H,13-14,16-17H2,1-5H3,(H,26,29). The van der Waals surface area contributed by atoms with Gasteiger partial charge in [0.05, 0.1) is 7.11 Å². The third-order valence-electron chi connectivity index (χ3n) is 4.94. The highest BCUT2D eigenvalue weighted by Crippen LogP contribution is 2.21. The van der Waals surface area contributed by atoms with Crippen LogP contribution in [0.2, 0.25) is 0 Å². The molecule has 1 unspecified atom stereocenters. The van der Waals surface area contributed by atoms with Crippen molar-refractivity contribution in [1.82, 2.24) is 10.2 Å². The molecule has 0 spiro atoms. The van der Waals surface area contributed by atoms with E-state index in [1.807, 2.05) is 38.1 Å². The molecule has 31 heavy (non-hydrogen) atoms. The second kappa shape index (κ2) is 12.4. The highest BCUT2D eigenvalue weighted by atomic mass is 32.2. The molecule has 2 aromatic rings. The van der Waals surface area contributed by atoms with Gasteiger partial charge in [-0.1, -0.05) is 43.7 Å². The van der Waals surface area contributed by atoms with Crippen molar-refractivity contribution in [2.24, 2.45) is 5.92 Å². The van der Waals surface area contributed by atoms with Crippen LogP contribution in [-0.2, 0) is 16.1 Å². The Labute approximate surface area is 190 Å². The Morgan fingerprint density at radius 2 is 1.81 bits per heavy atom. The molecular formula is C25H34N2O3S. The molecule has 0 aliphatic heterocycles. The van der Waals surface area contributed by atoms with E-state index >= 15 is 0 Å². The summed E-state index contributed by atoms with van der Waals surface area (Å²) < 4.78 is 5.31. The first-order chi connectivity index (χ1) is 14.8. The van der Waals surface area contributed by atoms with Gasteiger partial charge in [0.25, 0.3) is 0 Å². The topological polar surface area (TPSA) is 58.6 Å². The van der Waals surface area contributed by atoms with Gasteiger partial charge in [-0.05, 0) is 49.6 Å². The minimum Gasteiger partial charge on any atom is -0.497 e. The summed E-state index contributed by atoms with van der Waals surface area (Å²) in [6.07, 6.45) is 0.365. The molecule has 2 amide bonds.